The molecule has 5 nitrogen and oxygen atoms in total. The van der Waals surface area contributed by atoms with E-state index in [2.05, 4.69) is 4.98 Å². The number of carboxylic acids is 1. The largest absolute Gasteiger partial charge is 0.478 e. The molecule has 2 aromatic rings. The van der Waals surface area contributed by atoms with Gasteiger partial charge in [0.25, 0.3) is 0 Å². The summed E-state index contributed by atoms with van der Waals surface area (Å²) < 4.78 is 0. The number of hydrogen-bond acceptors (Lipinski definition) is 4. The van der Waals surface area contributed by atoms with Gasteiger partial charge in [0, 0.05) is 24.5 Å². The molecule has 116 valence electrons. The number of hydrogen-bond donors (Lipinski definition) is 1. The van der Waals surface area contributed by atoms with Crippen LogP contribution < -0.4 is 0 Å². The van der Waals surface area contributed by atoms with Gasteiger partial charge in [-0.1, -0.05) is 18.2 Å². The quantitative estimate of drug-likeness (QED) is 0.889. The van der Waals surface area contributed by atoms with Crippen molar-refractivity contribution in [1.29, 1.82) is 0 Å². The fourth-order valence-corrected chi connectivity index (χ4v) is 3.03. The van der Waals surface area contributed by atoms with Gasteiger partial charge in [0.15, 0.2) is 0 Å². The minimum absolute atomic E-state index is 0.00811. The van der Waals surface area contributed by atoms with Gasteiger partial charge in [-0.3, -0.25) is 4.79 Å². The van der Waals surface area contributed by atoms with E-state index in [-0.39, 0.29) is 11.5 Å². The van der Waals surface area contributed by atoms with Crippen molar-refractivity contribution in [3.05, 3.63) is 51.5 Å². The third kappa shape index (κ3) is 4.14. The van der Waals surface area contributed by atoms with Crippen molar-refractivity contribution in [2.75, 3.05) is 7.05 Å². The lowest BCUT2D eigenvalue weighted by Gasteiger charge is -2.16. The summed E-state index contributed by atoms with van der Waals surface area (Å²) in [4.78, 5) is 30.2. The summed E-state index contributed by atoms with van der Waals surface area (Å²) in [5, 5.41) is 10.1. The van der Waals surface area contributed by atoms with Crippen LogP contribution in [-0.2, 0) is 17.8 Å². The Bertz CT molecular complexity index is 682. The lowest BCUT2D eigenvalue weighted by Crippen LogP contribution is -2.26. The molecular formula is C16H18N2O3S. The van der Waals surface area contributed by atoms with Gasteiger partial charge in [0.05, 0.1) is 17.1 Å². The van der Waals surface area contributed by atoms with E-state index in [1.54, 1.807) is 53.7 Å². The van der Waals surface area contributed by atoms with E-state index in [9.17, 15) is 9.59 Å². The Morgan fingerprint density at radius 1 is 1.32 bits per heavy atom. The first-order valence-electron chi connectivity index (χ1n) is 6.94. The van der Waals surface area contributed by atoms with Crippen molar-refractivity contribution in [1.82, 2.24) is 9.88 Å². The first kappa shape index (κ1) is 16.2. The molecule has 1 aromatic heterocycles. The topological polar surface area (TPSA) is 70.5 Å². The summed E-state index contributed by atoms with van der Waals surface area (Å²) in [5.74, 6) is -0.970. The average molecular weight is 318 g/mol. The van der Waals surface area contributed by atoms with Crippen LogP contribution in [0.3, 0.4) is 0 Å². The highest BCUT2D eigenvalue weighted by Gasteiger charge is 2.14. The third-order valence-electron chi connectivity index (χ3n) is 3.34. The summed E-state index contributed by atoms with van der Waals surface area (Å²) in [5.41, 5.74) is 0.946. The van der Waals surface area contributed by atoms with Crippen molar-refractivity contribution < 1.29 is 14.7 Å². The smallest absolute Gasteiger partial charge is 0.335 e. The van der Waals surface area contributed by atoms with Crippen molar-refractivity contribution in [3.63, 3.8) is 0 Å². The molecule has 1 aromatic carbocycles. The van der Waals surface area contributed by atoms with E-state index in [0.717, 1.165) is 9.88 Å². The highest BCUT2D eigenvalue weighted by atomic mass is 32.1. The number of thiazole rings is 1. The molecule has 0 radical (unpaired) electrons. The van der Waals surface area contributed by atoms with E-state index < -0.39 is 5.97 Å². The number of amides is 1. The summed E-state index contributed by atoms with van der Waals surface area (Å²) in [6.07, 6.45) is 2.50. The van der Waals surface area contributed by atoms with Crippen LogP contribution in [-0.4, -0.2) is 33.9 Å². The van der Waals surface area contributed by atoms with Crippen LogP contribution >= 0.6 is 11.3 Å². The number of carbonyl (C=O) groups is 2. The maximum Gasteiger partial charge on any atom is 0.335 e. The summed E-state index contributed by atoms with van der Waals surface area (Å²) in [6, 6.07) is 6.79. The Morgan fingerprint density at radius 2 is 2.05 bits per heavy atom. The third-order valence-corrected chi connectivity index (χ3v) is 4.24. The van der Waals surface area contributed by atoms with Crippen LogP contribution in [0.4, 0.5) is 0 Å². The molecule has 0 unspecified atom stereocenters. The molecule has 0 aliphatic heterocycles. The SMILES string of the molecule is Cc1ncc(CN(C)C(=O)CCc2ccccc2C(=O)O)s1. The molecule has 1 N–H and O–H groups in total. The molecule has 1 amide bonds. The summed E-state index contributed by atoms with van der Waals surface area (Å²) in [7, 11) is 1.75. The Hall–Kier alpha value is -2.21. The fourth-order valence-electron chi connectivity index (χ4n) is 2.18. The second kappa shape index (κ2) is 7.17. The molecule has 0 saturated heterocycles. The molecule has 0 atom stereocenters. The van der Waals surface area contributed by atoms with Crippen molar-refractivity contribution in [2.45, 2.75) is 26.3 Å². The van der Waals surface area contributed by atoms with Gasteiger partial charge in [-0.25, -0.2) is 9.78 Å². The monoisotopic (exact) mass is 318 g/mol. The van der Waals surface area contributed by atoms with Crippen LogP contribution in [0.15, 0.2) is 30.5 Å². The molecule has 0 bridgehead atoms. The van der Waals surface area contributed by atoms with E-state index in [4.69, 9.17) is 5.11 Å². The van der Waals surface area contributed by atoms with Gasteiger partial charge in [-0.15, -0.1) is 11.3 Å². The Kier molecular flexibility index (Phi) is 5.27. The molecule has 22 heavy (non-hydrogen) atoms. The van der Waals surface area contributed by atoms with Gasteiger partial charge in [-0.2, -0.15) is 0 Å². The van der Waals surface area contributed by atoms with Gasteiger partial charge in [-0.05, 0) is 25.0 Å². The highest BCUT2D eigenvalue weighted by Crippen LogP contribution is 2.15. The van der Waals surface area contributed by atoms with Crippen molar-refractivity contribution in [2.24, 2.45) is 0 Å². The summed E-state index contributed by atoms with van der Waals surface area (Å²) in [6.45, 7) is 2.46. The lowest BCUT2D eigenvalue weighted by atomic mass is 10.0. The number of carbonyl (C=O) groups excluding carboxylic acids is 1. The van der Waals surface area contributed by atoms with Crippen LogP contribution in [0.1, 0.15) is 32.2 Å². The van der Waals surface area contributed by atoms with Crippen LogP contribution in [0.25, 0.3) is 0 Å². The highest BCUT2D eigenvalue weighted by molar-refractivity contribution is 7.11. The minimum Gasteiger partial charge on any atom is -0.478 e. The first-order valence-corrected chi connectivity index (χ1v) is 7.75. The van der Waals surface area contributed by atoms with Gasteiger partial charge in [0.2, 0.25) is 5.91 Å². The second-order valence-electron chi connectivity index (χ2n) is 5.06. The first-order chi connectivity index (χ1) is 10.5. The van der Waals surface area contributed by atoms with E-state index in [1.165, 1.54) is 0 Å². The average Bonchev–Trinajstić information content (AvgIpc) is 2.90. The molecule has 6 heteroatoms. The molecule has 1 heterocycles. The van der Waals surface area contributed by atoms with E-state index >= 15 is 0 Å². The molecule has 2 rings (SSSR count). The van der Waals surface area contributed by atoms with Crippen LogP contribution in [0.2, 0.25) is 0 Å². The fraction of sp³-hybridized carbons (Fsp3) is 0.312. The number of aromatic nitrogens is 1. The number of rotatable bonds is 6. The molecule has 0 aliphatic rings. The maximum absolute atomic E-state index is 12.2. The molecule has 0 fully saturated rings. The zero-order valence-corrected chi connectivity index (χ0v) is 13.4. The summed E-state index contributed by atoms with van der Waals surface area (Å²) >= 11 is 1.57. The van der Waals surface area contributed by atoms with E-state index in [1.807, 2.05) is 6.92 Å². The normalized spacial score (nSPS) is 10.5. The predicted molar refractivity (Wildman–Crippen MR) is 85.0 cm³/mol. The number of carboxylic acid groups (broad SMARTS) is 1. The zero-order chi connectivity index (χ0) is 16.1. The standard InChI is InChI=1S/C16H18N2O3S/c1-11-17-9-13(22-11)10-18(2)15(19)8-7-12-5-3-4-6-14(12)16(20)21/h3-6,9H,7-8,10H2,1-2H3,(H,20,21). The van der Waals surface area contributed by atoms with Crippen LogP contribution in [0, 0.1) is 6.92 Å². The Morgan fingerprint density at radius 3 is 2.68 bits per heavy atom. The Labute approximate surface area is 133 Å². The second-order valence-corrected chi connectivity index (χ2v) is 6.38. The minimum atomic E-state index is -0.962. The molecule has 0 spiro atoms. The predicted octanol–water partition coefficient (Wildman–Crippen LogP) is 2.74. The number of nitrogens with zero attached hydrogens (tertiary/aromatic N) is 2. The lowest BCUT2D eigenvalue weighted by molar-refractivity contribution is -0.130. The van der Waals surface area contributed by atoms with Crippen LogP contribution in [0.5, 0.6) is 0 Å². The van der Waals surface area contributed by atoms with Gasteiger partial charge < -0.3 is 10.0 Å². The van der Waals surface area contributed by atoms with Crippen molar-refractivity contribution in [3.8, 4) is 0 Å². The molecule has 0 saturated carbocycles. The Balaban J connectivity index is 1.93. The zero-order valence-electron chi connectivity index (χ0n) is 12.6. The van der Waals surface area contributed by atoms with Gasteiger partial charge >= 0.3 is 5.97 Å². The van der Waals surface area contributed by atoms with Crippen molar-refractivity contribution >= 4 is 23.2 Å². The number of benzene rings is 1. The molecule has 0 aliphatic carbocycles. The number of aryl methyl sites for hydroxylation is 2. The van der Waals surface area contributed by atoms with E-state index in [0.29, 0.717) is 24.9 Å². The molecular weight excluding hydrogens is 300 g/mol. The number of aromatic carboxylic acids is 1. The maximum atomic E-state index is 12.2. The van der Waals surface area contributed by atoms with Gasteiger partial charge in [0.1, 0.15) is 0 Å².